The van der Waals surface area contributed by atoms with Gasteiger partial charge in [-0.05, 0) is 194 Å². The van der Waals surface area contributed by atoms with Gasteiger partial charge < -0.3 is 9.47 Å². The van der Waals surface area contributed by atoms with Crippen LogP contribution in [0.4, 0.5) is 0 Å². The molecule has 5 heterocycles. The van der Waals surface area contributed by atoms with Gasteiger partial charge in [0, 0.05) is 111 Å². The zero-order valence-corrected chi connectivity index (χ0v) is 112. The van der Waals surface area contributed by atoms with Gasteiger partial charge in [0.1, 0.15) is 0 Å². The summed E-state index contributed by atoms with van der Waals surface area (Å²) >= 11 is 8.07. The van der Waals surface area contributed by atoms with Crippen LogP contribution in [0.2, 0.25) is 0 Å². The van der Waals surface area contributed by atoms with Gasteiger partial charge in [-0.25, -0.2) is 0 Å². The molecular weight excluding hydrogens is 2040 g/mol. The second kappa shape index (κ2) is 65.4. The third-order valence-electron chi connectivity index (χ3n) is 22.1. The first-order valence-electron chi connectivity index (χ1n) is 54.5. The average molecular weight is 2270 g/mol. The van der Waals surface area contributed by atoms with Gasteiger partial charge in [-0.2, -0.15) is 0 Å². The number of likely N-dealkylation sites (tertiary alicyclic amines) is 5. The van der Waals surface area contributed by atoms with E-state index in [1.807, 2.05) is 127 Å². The Morgan fingerprint density at radius 1 is 0.340 bits per heavy atom. The summed E-state index contributed by atoms with van der Waals surface area (Å²) in [7, 11) is 12.0. The molecule has 5 aliphatic heterocycles. The topological polar surface area (TPSA) is 205 Å². The Hall–Kier alpha value is -1.31. The van der Waals surface area contributed by atoms with Crippen molar-refractivity contribution in [3.05, 3.63) is 35.9 Å². The zero-order chi connectivity index (χ0) is 115. The first kappa shape index (κ1) is 148. The normalized spacial score (nSPS) is 20.3. The molecule has 7 rings (SSSR count). The van der Waals surface area contributed by atoms with Crippen LogP contribution in [0.1, 0.15) is 442 Å². The number of thioether (sulfide) groups is 5. The van der Waals surface area contributed by atoms with Gasteiger partial charge >= 0.3 is 0 Å². The SMILES string of the molecule is CC(C)(C)CCOCCN1C(=O)CC(SCC(C)(C)C)C1=O.CC(C)(C)CSC1CC(=O)N(C(C)(C)C)C1=O.CC(C)(C)CSC1CC(=O)N(CC2CCC(C(C)(C)C)CC2)C1=O.CC(C)(C)CSSC(C)(C)C.CC(C)(C)c1ccccc1.CC(C)CCOCCSC1CC(=O)N(CC(C)(C)C)C1=O.CC(C)CSSC(C)(C)C.CC(CC(C)(C)C)SC1CC(=O)N(C(C)(C)C)C1=O.CC(CC(C)(C)C)SSC(C)(C)C. The van der Waals surface area contributed by atoms with Crippen molar-refractivity contribution in [1.29, 1.82) is 0 Å². The largest absolute Gasteiger partial charge is 0.381 e. The first-order valence-corrected chi connectivity index (χ1v) is 66.5. The minimum Gasteiger partial charge on any atom is -0.381 e. The maximum atomic E-state index is 12.6. The highest BCUT2D eigenvalue weighted by atomic mass is 33.1. The maximum absolute atomic E-state index is 12.6. The number of imide groups is 5. The van der Waals surface area contributed by atoms with E-state index < -0.39 is 11.1 Å². The minimum atomic E-state index is -0.406. The lowest BCUT2D eigenvalue weighted by Gasteiger charge is -2.37. The standard InChI is InChI=1S/C20H35NO2S.C17H31NO3S.C16H29NO3S.C15H27NO2S.C13H23NO2S.C11H24S2.C10H14.C9H20S2.C8H18S2/c1-19(2,3)13-24-16-11-17(22)21(18(16)23)12-14-7-9-15(10-8-14)20(4,5)6;1-16(2,3)7-9-21-10-8-18-14(19)11-13(15(18)20)22-12-17(4,5)6;1-12(2)6-7-20-8-9-21-13-10-14(18)17(15(13)19)11-16(3,4)5;1-10(9-14(2,3)4)19-11-8-12(17)16(13(11)18)15(5,6)7;1-12(2,3)8-17-9-7-10(15)14(11(9)16)13(4,5)6;1-9(8-10(2,3)4)12-13-11(5,6)7;1-10(2,3)9-7-5-4-6-8-9;1-8(2,3)7-10-11-9(4,5)6;1-7(2)6-9-10-8(3,4)5/h14-16H,7-13H2,1-6H3;13H,7-12H2,1-6H3;12-13H,6-11H2,1-5H3;10-11H,8-9H2,1-7H3;9H,7-8H2,1-6H3;9H,8H2,1-7H3;4-8H,1-3H3;7H2,1-6H3;7H,6H2,1-5H3. The van der Waals surface area contributed by atoms with Crippen molar-refractivity contribution in [1.82, 2.24) is 24.5 Å². The van der Waals surface area contributed by atoms with Crippen molar-refractivity contribution >= 4 is 183 Å². The lowest BCUT2D eigenvalue weighted by Crippen LogP contribution is -2.46. The molecule has 28 heteroatoms. The summed E-state index contributed by atoms with van der Waals surface area (Å²) < 4.78 is 12.3. The van der Waals surface area contributed by atoms with Crippen LogP contribution in [-0.2, 0) is 62.8 Å². The third kappa shape index (κ3) is 73.1. The number of amides is 10. The van der Waals surface area contributed by atoms with Crippen LogP contribution in [0, 0.1) is 72.4 Å². The molecule has 0 spiro atoms. The van der Waals surface area contributed by atoms with Gasteiger partial charge in [0.05, 0.1) is 46.0 Å². The number of hydrogen-bond acceptors (Lipinski definition) is 23. The Labute approximate surface area is 949 Å². The predicted molar refractivity (Wildman–Crippen MR) is 662 cm³/mol. The van der Waals surface area contributed by atoms with Gasteiger partial charge in [0.15, 0.2) is 0 Å². The lowest BCUT2D eigenvalue weighted by atomic mass is 9.70. The third-order valence-corrected chi connectivity index (χ3v) is 41.4. The summed E-state index contributed by atoms with van der Waals surface area (Å²) in [6, 6.07) is 10.6. The number of rotatable bonds is 32. The molecule has 860 valence electrons. The number of carbonyl (C=O) groups is 10. The minimum absolute atomic E-state index is 0.0109. The molecule has 6 fully saturated rings. The molecule has 0 N–H and O–H groups in total. The molecule has 7 unspecified atom stereocenters. The van der Waals surface area contributed by atoms with Crippen LogP contribution in [0.3, 0.4) is 0 Å². The van der Waals surface area contributed by atoms with E-state index in [9.17, 15) is 47.9 Å². The monoisotopic (exact) mass is 2260 g/mol. The number of benzene rings is 1. The highest BCUT2D eigenvalue weighted by Gasteiger charge is 2.48. The number of nitrogens with zero attached hydrogens (tertiary/aromatic N) is 5. The summed E-state index contributed by atoms with van der Waals surface area (Å²) in [5.41, 5.74) is 3.17. The fourth-order valence-corrected chi connectivity index (χ4v) is 29.8. The van der Waals surface area contributed by atoms with E-state index in [2.05, 4.69) is 321 Å². The summed E-state index contributed by atoms with van der Waals surface area (Å²) in [5, 5.41) is 0.202. The van der Waals surface area contributed by atoms with Gasteiger partial charge in [-0.3, -0.25) is 72.4 Å². The van der Waals surface area contributed by atoms with E-state index in [4.69, 9.17) is 9.47 Å². The van der Waals surface area contributed by atoms with E-state index in [0.29, 0.717) is 125 Å². The summed E-state index contributed by atoms with van der Waals surface area (Å²) in [6.07, 6.45) is 10.9. The van der Waals surface area contributed by atoms with E-state index in [0.717, 1.165) is 78.8 Å². The Morgan fingerprint density at radius 3 is 1.07 bits per heavy atom. The molecule has 1 aromatic carbocycles. The number of hydrogen-bond donors (Lipinski definition) is 0. The molecule has 1 aliphatic carbocycles. The van der Waals surface area contributed by atoms with Gasteiger partial charge in [0.2, 0.25) is 59.1 Å². The Bertz CT molecular complexity index is 4000. The van der Waals surface area contributed by atoms with Crippen LogP contribution in [0.15, 0.2) is 30.3 Å². The molecule has 5 saturated heterocycles. The smallest absolute Gasteiger partial charge is 0.243 e. The molecule has 0 bridgehead atoms. The number of ether oxygens (including phenoxy) is 2. The lowest BCUT2D eigenvalue weighted by molar-refractivity contribution is -0.145. The van der Waals surface area contributed by atoms with Crippen LogP contribution in [-0.4, -0.2) is 226 Å². The van der Waals surface area contributed by atoms with E-state index in [1.165, 1.54) is 55.9 Å². The van der Waals surface area contributed by atoms with Crippen molar-refractivity contribution in [2.24, 2.45) is 72.4 Å². The van der Waals surface area contributed by atoms with Gasteiger partial charge in [-0.1, -0.05) is 407 Å². The Kier molecular flexibility index (Phi) is 65.7. The van der Waals surface area contributed by atoms with Crippen molar-refractivity contribution in [3.8, 4) is 0 Å². The van der Waals surface area contributed by atoms with Crippen LogP contribution >= 0.6 is 124 Å². The fraction of sp³-hybridized carbons (Fsp3) is 0.866. The van der Waals surface area contributed by atoms with Crippen molar-refractivity contribution < 1.29 is 57.4 Å². The first-order chi connectivity index (χ1) is 65.9. The molecule has 10 amide bonds. The van der Waals surface area contributed by atoms with E-state index >= 15 is 0 Å². The molecule has 7 atom stereocenters. The second-order valence-corrected chi connectivity index (χ2v) is 74.7. The molecule has 0 radical (unpaired) electrons. The number of carbonyl (C=O) groups excluding carboxylic acids is 10. The van der Waals surface area contributed by atoms with E-state index in [1.54, 1.807) is 63.7 Å². The molecular formula is C119H221N5O12S11. The molecule has 1 saturated carbocycles. The summed E-state index contributed by atoms with van der Waals surface area (Å²) in [6.45, 7) is 115. The molecule has 17 nitrogen and oxygen atoms in total. The van der Waals surface area contributed by atoms with Gasteiger partial charge in [0.25, 0.3) is 0 Å². The fourth-order valence-electron chi connectivity index (χ4n) is 15.1. The predicted octanol–water partition coefficient (Wildman–Crippen LogP) is 33.2. The molecule has 6 aliphatic rings. The van der Waals surface area contributed by atoms with Crippen molar-refractivity contribution in [3.63, 3.8) is 0 Å². The van der Waals surface area contributed by atoms with Crippen LogP contribution in [0.25, 0.3) is 0 Å². The zero-order valence-electron chi connectivity index (χ0n) is 103. The molecule has 1 aromatic rings. The van der Waals surface area contributed by atoms with Crippen LogP contribution in [0.5, 0.6) is 0 Å². The van der Waals surface area contributed by atoms with Crippen molar-refractivity contribution in [2.45, 2.75) is 504 Å². The molecule has 0 aromatic heterocycles. The maximum Gasteiger partial charge on any atom is 0.243 e. The Morgan fingerprint density at radius 2 is 0.707 bits per heavy atom. The highest BCUT2D eigenvalue weighted by Crippen LogP contribution is 2.46. The highest BCUT2D eigenvalue weighted by molar-refractivity contribution is 8.77. The summed E-state index contributed by atoms with van der Waals surface area (Å²) in [5.74, 6) is 8.56. The van der Waals surface area contributed by atoms with Crippen molar-refractivity contribution in [2.75, 3.05) is 80.6 Å². The average Bonchev–Trinajstić information content (AvgIpc) is 1.64. The molecule has 147 heavy (non-hydrogen) atoms. The Balaban J connectivity index is 0. The second-order valence-electron chi connectivity index (χ2n) is 58.4. The summed E-state index contributed by atoms with van der Waals surface area (Å²) in [4.78, 5) is 129. The van der Waals surface area contributed by atoms with Gasteiger partial charge in [-0.15, -0.1) is 58.8 Å². The quantitative estimate of drug-likeness (QED) is 0.0373. The van der Waals surface area contributed by atoms with Crippen LogP contribution < -0.4 is 0 Å². The van der Waals surface area contributed by atoms with E-state index in [-0.39, 0.29) is 118 Å².